The van der Waals surface area contributed by atoms with Crippen LogP contribution >= 0.6 is 0 Å². The lowest BCUT2D eigenvalue weighted by atomic mass is 10.1. The van der Waals surface area contributed by atoms with Crippen molar-refractivity contribution in [2.24, 2.45) is 0 Å². The molecule has 0 atom stereocenters. The lowest BCUT2D eigenvalue weighted by molar-refractivity contribution is -0.149. The van der Waals surface area contributed by atoms with E-state index in [4.69, 9.17) is 14.2 Å². The standard InChI is InChI=1S/C22H21NO5/c1-2-26-19-12-5-6-13-20(19)27-15-22(25)28-14-21(24)23-18-11-7-9-16-8-3-4-10-17(16)18/h3-13H,2,14-15H2,1H3,(H,23,24). The Bertz CT molecular complexity index is 965. The zero-order valence-corrected chi connectivity index (χ0v) is 15.5. The number of para-hydroxylation sites is 2. The third kappa shape index (κ3) is 5.01. The van der Waals surface area contributed by atoms with Gasteiger partial charge in [0.05, 0.1) is 6.61 Å². The number of hydrogen-bond donors (Lipinski definition) is 1. The number of benzene rings is 3. The highest BCUT2D eigenvalue weighted by atomic mass is 16.6. The number of nitrogens with one attached hydrogen (secondary N) is 1. The number of carbonyl (C=O) groups is 2. The van der Waals surface area contributed by atoms with Gasteiger partial charge >= 0.3 is 5.97 Å². The van der Waals surface area contributed by atoms with Gasteiger partial charge in [-0.25, -0.2) is 4.79 Å². The lowest BCUT2D eigenvalue weighted by Crippen LogP contribution is -2.23. The van der Waals surface area contributed by atoms with Crippen LogP contribution in [0, 0.1) is 0 Å². The molecule has 1 amide bonds. The average molecular weight is 379 g/mol. The van der Waals surface area contributed by atoms with Gasteiger partial charge in [0, 0.05) is 11.1 Å². The Labute approximate surface area is 163 Å². The maximum Gasteiger partial charge on any atom is 0.344 e. The van der Waals surface area contributed by atoms with E-state index in [1.165, 1.54) is 0 Å². The topological polar surface area (TPSA) is 73.9 Å². The number of anilines is 1. The third-order valence-electron chi connectivity index (χ3n) is 3.92. The molecule has 0 unspecified atom stereocenters. The summed E-state index contributed by atoms with van der Waals surface area (Å²) < 4.78 is 15.8. The highest BCUT2D eigenvalue weighted by Gasteiger charge is 2.11. The van der Waals surface area contributed by atoms with Crippen LogP contribution in [0.5, 0.6) is 11.5 Å². The molecule has 0 fully saturated rings. The zero-order chi connectivity index (χ0) is 19.8. The molecule has 28 heavy (non-hydrogen) atoms. The molecule has 0 heterocycles. The molecule has 0 aliphatic carbocycles. The van der Waals surface area contributed by atoms with E-state index in [-0.39, 0.29) is 6.61 Å². The normalized spacial score (nSPS) is 10.3. The van der Waals surface area contributed by atoms with Gasteiger partial charge in [-0.15, -0.1) is 0 Å². The van der Waals surface area contributed by atoms with Gasteiger partial charge in [0.15, 0.2) is 24.7 Å². The average Bonchev–Trinajstić information content (AvgIpc) is 2.72. The minimum absolute atomic E-state index is 0.314. The van der Waals surface area contributed by atoms with E-state index in [2.05, 4.69) is 5.32 Å². The first-order valence-electron chi connectivity index (χ1n) is 8.95. The van der Waals surface area contributed by atoms with E-state index in [1.54, 1.807) is 24.3 Å². The van der Waals surface area contributed by atoms with Crippen molar-refractivity contribution in [3.8, 4) is 11.5 Å². The van der Waals surface area contributed by atoms with Crippen LogP contribution in [-0.4, -0.2) is 31.7 Å². The summed E-state index contributed by atoms with van der Waals surface area (Å²) in [6.07, 6.45) is 0. The largest absolute Gasteiger partial charge is 0.490 e. The number of amides is 1. The molecule has 0 radical (unpaired) electrons. The van der Waals surface area contributed by atoms with E-state index in [0.29, 0.717) is 23.8 Å². The number of ether oxygens (including phenoxy) is 3. The Morgan fingerprint density at radius 1 is 0.821 bits per heavy atom. The van der Waals surface area contributed by atoms with E-state index in [0.717, 1.165) is 10.8 Å². The first kappa shape index (κ1) is 19.2. The fourth-order valence-electron chi connectivity index (χ4n) is 2.69. The summed E-state index contributed by atoms with van der Waals surface area (Å²) in [6, 6.07) is 20.4. The molecule has 6 nitrogen and oxygen atoms in total. The maximum atomic E-state index is 12.1. The smallest absolute Gasteiger partial charge is 0.344 e. The summed E-state index contributed by atoms with van der Waals surface area (Å²) in [5.41, 5.74) is 0.668. The van der Waals surface area contributed by atoms with E-state index < -0.39 is 18.5 Å². The van der Waals surface area contributed by atoms with Crippen molar-refractivity contribution in [3.63, 3.8) is 0 Å². The van der Waals surface area contributed by atoms with Crippen LogP contribution in [0.25, 0.3) is 10.8 Å². The zero-order valence-electron chi connectivity index (χ0n) is 15.5. The second-order valence-corrected chi connectivity index (χ2v) is 5.90. The monoisotopic (exact) mass is 379 g/mol. The minimum Gasteiger partial charge on any atom is -0.490 e. The molecule has 0 spiro atoms. The molecule has 0 saturated heterocycles. The summed E-state index contributed by atoms with van der Waals surface area (Å²) >= 11 is 0. The number of hydrogen-bond acceptors (Lipinski definition) is 5. The van der Waals surface area contributed by atoms with Crippen LogP contribution in [0.3, 0.4) is 0 Å². The Kier molecular flexibility index (Phi) is 6.46. The van der Waals surface area contributed by atoms with Crippen molar-refractivity contribution in [1.29, 1.82) is 0 Å². The molecular formula is C22H21NO5. The Morgan fingerprint density at radius 2 is 1.50 bits per heavy atom. The number of carbonyl (C=O) groups excluding carboxylic acids is 2. The van der Waals surface area contributed by atoms with Gasteiger partial charge in [-0.1, -0.05) is 48.5 Å². The van der Waals surface area contributed by atoms with Crippen LogP contribution in [0.2, 0.25) is 0 Å². The molecule has 0 bridgehead atoms. The van der Waals surface area contributed by atoms with Gasteiger partial charge in [0.25, 0.3) is 5.91 Å². The van der Waals surface area contributed by atoms with Crippen LogP contribution in [-0.2, 0) is 14.3 Å². The number of rotatable bonds is 8. The first-order chi connectivity index (χ1) is 13.7. The van der Waals surface area contributed by atoms with Crippen LogP contribution in [0.15, 0.2) is 66.7 Å². The highest BCUT2D eigenvalue weighted by molar-refractivity contribution is 6.02. The van der Waals surface area contributed by atoms with Crippen molar-refractivity contribution in [3.05, 3.63) is 66.7 Å². The van der Waals surface area contributed by atoms with Crippen molar-refractivity contribution < 1.29 is 23.8 Å². The van der Waals surface area contributed by atoms with E-state index in [1.807, 2.05) is 49.4 Å². The second-order valence-electron chi connectivity index (χ2n) is 5.90. The molecule has 0 aliphatic rings. The highest BCUT2D eigenvalue weighted by Crippen LogP contribution is 2.26. The third-order valence-corrected chi connectivity index (χ3v) is 3.92. The van der Waals surface area contributed by atoms with Gasteiger partial charge in [-0.05, 0) is 30.5 Å². The van der Waals surface area contributed by atoms with Crippen molar-refractivity contribution in [2.45, 2.75) is 6.92 Å². The summed E-state index contributed by atoms with van der Waals surface area (Å²) in [5.74, 6) is -0.0632. The lowest BCUT2D eigenvalue weighted by Gasteiger charge is -2.12. The number of fused-ring (bicyclic) bond motifs is 1. The molecular weight excluding hydrogens is 358 g/mol. The molecule has 3 aromatic rings. The quantitative estimate of drug-likeness (QED) is 0.603. The van der Waals surface area contributed by atoms with Gasteiger partial charge < -0.3 is 19.5 Å². The van der Waals surface area contributed by atoms with Gasteiger partial charge in [-0.2, -0.15) is 0 Å². The SMILES string of the molecule is CCOc1ccccc1OCC(=O)OCC(=O)Nc1cccc2ccccc12. The summed E-state index contributed by atoms with van der Waals surface area (Å²) in [6.45, 7) is 1.64. The van der Waals surface area contributed by atoms with Crippen LogP contribution < -0.4 is 14.8 Å². The molecule has 1 N–H and O–H groups in total. The molecule has 0 aliphatic heterocycles. The summed E-state index contributed by atoms with van der Waals surface area (Å²) in [5, 5.41) is 4.69. The summed E-state index contributed by atoms with van der Waals surface area (Å²) in [4.78, 5) is 24.0. The van der Waals surface area contributed by atoms with E-state index >= 15 is 0 Å². The molecule has 0 aromatic heterocycles. The van der Waals surface area contributed by atoms with Crippen LogP contribution in [0.1, 0.15) is 6.92 Å². The fraction of sp³-hybridized carbons (Fsp3) is 0.182. The molecule has 6 heteroatoms. The maximum absolute atomic E-state index is 12.1. The Balaban J connectivity index is 1.50. The Hall–Kier alpha value is -3.54. The summed E-state index contributed by atoms with van der Waals surface area (Å²) in [7, 11) is 0. The predicted molar refractivity (Wildman–Crippen MR) is 107 cm³/mol. The Morgan fingerprint density at radius 3 is 2.29 bits per heavy atom. The fourth-order valence-corrected chi connectivity index (χ4v) is 2.69. The minimum atomic E-state index is -0.639. The molecule has 3 rings (SSSR count). The van der Waals surface area contributed by atoms with Crippen molar-refractivity contribution in [1.82, 2.24) is 0 Å². The molecule has 0 saturated carbocycles. The van der Waals surface area contributed by atoms with Gasteiger partial charge in [0.1, 0.15) is 0 Å². The van der Waals surface area contributed by atoms with E-state index in [9.17, 15) is 9.59 Å². The molecule has 3 aromatic carbocycles. The van der Waals surface area contributed by atoms with Crippen molar-refractivity contribution >= 4 is 28.3 Å². The second kappa shape index (κ2) is 9.41. The predicted octanol–water partition coefficient (Wildman–Crippen LogP) is 3.80. The van der Waals surface area contributed by atoms with Crippen molar-refractivity contribution in [2.75, 3.05) is 25.1 Å². The molecule has 144 valence electrons. The first-order valence-corrected chi connectivity index (χ1v) is 8.95. The van der Waals surface area contributed by atoms with Gasteiger partial charge in [0.2, 0.25) is 0 Å². The van der Waals surface area contributed by atoms with Gasteiger partial charge in [-0.3, -0.25) is 4.79 Å². The number of esters is 1. The van der Waals surface area contributed by atoms with Crippen LogP contribution in [0.4, 0.5) is 5.69 Å².